The molecule has 32 heavy (non-hydrogen) atoms. The molecule has 7 nitrogen and oxygen atoms in total. The first kappa shape index (κ1) is 20.2. The number of nitrogens with one attached hydrogen (secondary N) is 1. The third kappa shape index (κ3) is 3.95. The Kier molecular flexibility index (Phi) is 5.34. The lowest BCUT2D eigenvalue weighted by atomic mass is 10.1. The highest BCUT2D eigenvalue weighted by Gasteiger charge is 2.15. The largest absolute Gasteiger partial charge is 0.301 e. The van der Waals surface area contributed by atoms with Crippen molar-refractivity contribution < 1.29 is 0 Å². The van der Waals surface area contributed by atoms with Crippen LogP contribution < -0.4 is 5.56 Å². The highest BCUT2D eigenvalue weighted by Crippen LogP contribution is 2.29. The minimum Gasteiger partial charge on any atom is -0.291 e. The zero-order valence-electron chi connectivity index (χ0n) is 17.3. The van der Waals surface area contributed by atoms with E-state index < -0.39 is 0 Å². The molecule has 0 aliphatic carbocycles. The highest BCUT2D eigenvalue weighted by molar-refractivity contribution is 7.13. The average Bonchev–Trinajstić information content (AvgIpc) is 3.54. The molecule has 5 aromatic rings. The lowest BCUT2D eigenvalue weighted by Crippen LogP contribution is -2.13. The SMILES string of the molecule is Cc1ccc(-c2csc(N=Nc3c(C)[nH]n(-c4nc(-c5ccccc5)cs4)c3=O)n2)cc1. The maximum Gasteiger partial charge on any atom is 0.301 e. The van der Waals surface area contributed by atoms with Crippen LogP contribution in [-0.2, 0) is 0 Å². The van der Waals surface area contributed by atoms with Crippen molar-refractivity contribution in [1.29, 1.82) is 0 Å². The molecule has 158 valence electrons. The van der Waals surface area contributed by atoms with Gasteiger partial charge in [-0.25, -0.2) is 9.97 Å². The molecule has 0 bridgehead atoms. The maximum atomic E-state index is 12.9. The third-order valence-electron chi connectivity index (χ3n) is 4.87. The van der Waals surface area contributed by atoms with Crippen LogP contribution >= 0.6 is 22.7 Å². The summed E-state index contributed by atoms with van der Waals surface area (Å²) in [5.41, 5.74) is 5.43. The van der Waals surface area contributed by atoms with E-state index in [1.807, 2.05) is 72.3 Å². The summed E-state index contributed by atoms with van der Waals surface area (Å²) in [7, 11) is 0. The molecule has 0 saturated carbocycles. The Balaban J connectivity index is 1.41. The van der Waals surface area contributed by atoms with E-state index >= 15 is 0 Å². The molecular formula is C23H18N6OS2. The summed E-state index contributed by atoms with van der Waals surface area (Å²) >= 11 is 2.77. The molecule has 2 aromatic carbocycles. The molecule has 0 spiro atoms. The topological polar surface area (TPSA) is 88.3 Å². The number of rotatable bonds is 5. The van der Waals surface area contributed by atoms with Crippen molar-refractivity contribution in [3.8, 4) is 27.6 Å². The first-order valence-electron chi connectivity index (χ1n) is 9.86. The predicted octanol–water partition coefficient (Wildman–Crippen LogP) is 6.44. The lowest BCUT2D eigenvalue weighted by Gasteiger charge is -1.96. The van der Waals surface area contributed by atoms with Gasteiger partial charge in [0.1, 0.15) is 0 Å². The fourth-order valence-electron chi connectivity index (χ4n) is 3.16. The summed E-state index contributed by atoms with van der Waals surface area (Å²) in [6.07, 6.45) is 0. The van der Waals surface area contributed by atoms with Gasteiger partial charge in [-0.15, -0.1) is 32.9 Å². The molecule has 3 aromatic heterocycles. The Morgan fingerprint density at radius 2 is 1.53 bits per heavy atom. The van der Waals surface area contributed by atoms with Crippen LogP contribution in [0.15, 0.2) is 80.4 Å². The Hall–Kier alpha value is -3.69. The first-order chi connectivity index (χ1) is 15.6. The summed E-state index contributed by atoms with van der Waals surface area (Å²) in [5, 5.41) is 16.3. The van der Waals surface area contributed by atoms with E-state index in [2.05, 4.69) is 25.3 Å². The van der Waals surface area contributed by atoms with E-state index in [4.69, 9.17) is 0 Å². The van der Waals surface area contributed by atoms with Crippen molar-refractivity contribution in [2.75, 3.05) is 0 Å². The normalized spacial score (nSPS) is 11.4. The van der Waals surface area contributed by atoms with Crippen molar-refractivity contribution in [2.45, 2.75) is 13.8 Å². The third-order valence-corrected chi connectivity index (χ3v) is 6.42. The van der Waals surface area contributed by atoms with Crippen molar-refractivity contribution in [1.82, 2.24) is 19.7 Å². The summed E-state index contributed by atoms with van der Waals surface area (Å²) < 4.78 is 1.40. The van der Waals surface area contributed by atoms with E-state index in [1.165, 1.54) is 32.9 Å². The number of thiazole rings is 2. The fraction of sp³-hybridized carbons (Fsp3) is 0.0870. The van der Waals surface area contributed by atoms with Gasteiger partial charge in [0, 0.05) is 21.9 Å². The zero-order chi connectivity index (χ0) is 22.1. The average molecular weight is 459 g/mol. The van der Waals surface area contributed by atoms with Crippen molar-refractivity contribution in [3.05, 3.63) is 87.0 Å². The summed E-state index contributed by atoms with van der Waals surface area (Å²) in [6.45, 7) is 3.84. The Morgan fingerprint density at radius 3 is 2.31 bits per heavy atom. The number of aryl methyl sites for hydroxylation is 2. The second-order valence-corrected chi connectivity index (χ2v) is 8.86. The fourth-order valence-corrected chi connectivity index (χ4v) is 4.59. The maximum absolute atomic E-state index is 12.9. The summed E-state index contributed by atoms with van der Waals surface area (Å²) in [4.78, 5) is 22.1. The Bertz CT molecular complexity index is 1460. The van der Waals surface area contributed by atoms with Gasteiger partial charge in [-0.1, -0.05) is 60.2 Å². The van der Waals surface area contributed by atoms with E-state index in [0.717, 1.165) is 22.5 Å². The molecule has 0 amide bonds. The number of hydrogen-bond donors (Lipinski definition) is 1. The monoisotopic (exact) mass is 458 g/mol. The molecule has 1 N–H and O–H groups in total. The number of H-pyrrole nitrogens is 1. The van der Waals surface area contributed by atoms with Gasteiger partial charge in [0.2, 0.25) is 10.3 Å². The summed E-state index contributed by atoms with van der Waals surface area (Å²) in [6, 6.07) is 18.0. The number of azo groups is 1. The molecule has 0 unspecified atom stereocenters. The van der Waals surface area contributed by atoms with Gasteiger partial charge >= 0.3 is 5.56 Å². The second kappa shape index (κ2) is 8.45. The molecule has 0 fully saturated rings. The molecule has 5 rings (SSSR count). The number of aromatic nitrogens is 4. The number of benzene rings is 2. The van der Waals surface area contributed by atoms with Gasteiger partial charge in [0.05, 0.1) is 17.1 Å². The second-order valence-electron chi connectivity index (χ2n) is 7.19. The number of hydrogen-bond acceptors (Lipinski definition) is 7. The highest BCUT2D eigenvalue weighted by atomic mass is 32.1. The molecule has 0 aliphatic rings. The van der Waals surface area contributed by atoms with Crippen molar-refractivity contribution in [3.63, 3.8) is 0 Å². The van der Waals surface area contributed by atoms with Gasteiger partial charge in [-0.2, -0.15) is 4.68 Å². The van der Waals surface area contributed by atoms with E-state index in [1.54, 1.807) is 6.92 Å². The van der Waals surface area contributed by atoms with Gasteiger partial charge in [-0.3, -0.25) is 9.89 Å². The van der Waals surface area contributed by atoms with Crippen LogP contribution in [0, 0.1) is 13.8 Å². The Labute approximate surface area is 191 Å². The minimum atomic E-state index is -0.296. The minimum absolute atomic E-state index is 0.244. The smallest absolute Gasteiger partial charge is 0.291 e. The van der Waals surface area contributed by atoms with Crippen LogP contribution in [0.4, 0.5) is 10.8 Å². The van der Waals surface area contributed by atoms with Crippen LogP contribution in [0.25, 0.3) is 27.6 Å². The molecule has 0 radical (unpaired) electrons. The standard InChI is InChI=1S/C23H18N6OS2/c1-14-8-10-17(11-9-14)18-12-31-22(24-18)27-26-20-15(2)28-29(21(20)30)23-25-19(13-32-23)16-6-4-3-5-7-16/h3-13,28H,1-2H3. The van der Waals surface area contributed by atoms with Gasteiger partial charge in [0.15, 0.2) is 5.69 Å². The first-order valence-corrected chi connectivity index (χ1v) is 11.6. The zero-order valence-corrected chi connectivity index (χ0v) is 18.9. The van der Waals surface area contributed by atoms with Crippen LogP contribution in [0.2, 0.25) is 0 Å². The molecule has 0 atom stereocenters. The number of nitrogens with zero attached hydrogens (tertiary/aromatic N) is 5. The van der Waals surface area contributed by atoms with Crippen LogP contribution in [0.5, 0.6) is 0 Å². The predicted molar refractivity (Wildman–Crippen MR) is 129 cm³/mol. The van der Waals surface area contributed by atoms with Gasteiger partial charge in [0.25, 0.3) is 0 Å². The molecule has 9 heteroatoms. The molecule has 3 heterocycles. The van der Waals surface area contributed by atoms with Crippen molar-refractivity contribution >= 4 is 33.5 Å². The van der Waals surface area contributed by atoms with E-state index in [9.17, 15) is 4.79 Å². The molecular weight excluding hydrogens is 440 g/mol. The lowest BCUT2D eigenvalue weighted by molar-refractivity contribution is 0.827. The van der Waals surface area contributed by atoms with Gasteiger partial charge < -0.3 is 0 Å². The van der Waals surface area contributed by atoms with Crippen molar-refractivity contribution in [2.24, 2.45) is 10.2 Å². The number of aromatic amines is 1. The van der Waals surface area contributed by atoms with E-state index in [0.29, 0.717) is 16.0 Å². The Morgan fingerprint density at radius 1 is 0.844 bits per heavy atom. The van der Waals surface area contributed by atoms with Crippen LogP contribution in [-0.4, -0.2) is 19.7 Å². The summed E-state index contributed by atoms with van der Waals surface area (Å²) in [5.74, 6) is 0. The molecule has 0 saturated heterocycles. The van der Waals surface area contributed by atoms with Gasteiger partial charge in [-0.05, 0) is 13.8 Å². The molecule has 0 aliphatic heterocycles. The quantitative estimate of drug-likeness (QED) is 0.307. The van der Waals surface area contributed by atoms with E-state index in [-0.39, 0.29) is 11.2 Å². The van der Waals surface area contributed by atoms with Crippen LogP contribution in [0.3, 0.4) is 0 Å². The van der Waals surface area contributed by atoms with Crippen LogP contribution in [0.1, 0.15) is 11.3 Å².